The molecule has 1 aliphatic rings. The molecule has 0 atom stereocenters. The Bertz CT molecular complexity index is 1190. The largest absolute Gasteiger partial charge is 0.326 e. The van der Waals surface area contributed by atoms with Crippen LogP contribution in [0.25, 0.3) is 0 Å². The first-order valence-corrected chi connectivity index (χ1v) is 13.7. The lowest BCUT2D eigenvalue weighted by Crippen LogP contribution is -2.41. The summed E-state index contributed by atoms with van der Waals surface area (Å²) in [6.45, 7) is 2.48. The van der Waals surface area contributed by atoms with Crippen molar-refractivity contribution in [2.45, 2.75) is 42.4 Å². The van der Waals surface area contributed by atoms with Gasteiger partial charge in [-0.25, -0.2) is 25.9 Å². The number of sulfonamides is 2. The van der Waals surface area contributed by atoms with Gasteiger partial charge in [-0.15, -0.1) is 0 Å². The molecule has 33 heavy (non-hydrogen) atoms. The molecule has 0 bridgehead atoms. The fraction of sp³-hybridized carbons (Fsp3) is 0.409. The zero-order chi connectivity index (χ0) is 24.1. The summed E-state index contributed by atoms with van der Waals surface area (Å²) in [5.41, 5.74) is 0.347. The van der Waals surface area contributed by atoms with E-state index in [1.807, 2.05) is 6.92 Å². The highest BCUT2D eigenvalue weighted by molar-refractivity contribution is 7.89. The number of hydrogen-bond donors (Lipinski definition) is 2. The van der Waals surface area contributed by atoms with Crippen LogP contribution in [0.2, 0.25) is 0 Å². The number of hydrogen-bond acceptors (Lipinski definition) is 5. The summed E-state index contributed by atoms with van der Waals surface area (Å²) >= 11 is 0. The van der Waals surface area contributed by atoms with Gasteiger partial charge in [0.05, 0.1) is 4.90 Å². The molecule has 1 fully saturated rings. The number of benzene rings is 2. The van der Waals surface area contributed by atoms with Gasteiger partial charge in [0.15, 0.2) is 0 Å². The number of carbonyl (C=O) groups is 1. The monoisotopic (exact) mass is 497 g/mol. The smallest absolute Gasteiger partial charge is 0.245 e. The maximum Gasteiger partial charge on any atom is 0.245 e. The molecule has 0 aromatic heterocycles. The number of nitrogens with one attached hydrogen (secondary N) is 2. The second-order valence-corrected chi connectivity index (χ2v) is 11.6. The molecule has 0 radical (unpaired) electrons. The van der Waals surface area contributed by atoms with Crippen molar-refractivity contribution >= 4 is 31.6 Å². The molecule has 0 aliphatic carbocycles. The SMILES string of the molecule is CCCCNS(=O)(=O)c1cccc(NC(=O)C2CCN(S(=O)(=O)c3ccccc3F)CC2)c1. The van der Waals surface area contributed by atoms with Crippen LogP contribution < -0.4 is 10.0 Å². The van der Waals surface area contributed by atoms with Crippen molar-refractivity contribution in [1.29, 1.82) is 0 Å². The summed E-state index contributed by atoms with van der Waals surface area (Å²) in [5, 5.41) is 2.73. The second-order valence-electron chi connectivity index (χ2n) is 7.88. The summed E-state index contributed by atoms with van der Waals surface area (Å²) in [5.74, 6) is -1.57. The Morgan fingerprint density at radius 2 is 1.76 bits per heavy atom. The van der Waals surface area contributed by atoms with E-state index in [9.17, 15) is 26.0 Å². The van der Waals surface area contributed by atoms with Gasteiger partial charge in [0.2, 0.25) is 26.0 Å². The van der Waals surface area contributed by atoms with E-state index in [1.165, 1.54) is 34.6 Å². The van der Waals surface area contributed by atoms with Gasteiger partial charge in [-0.3, -0.25) is 4.79 Å². The summed E-state index contributed by atoms with van der Waals surface area (Å²) in [6, 6.07) is 11.2. The number of unbranched alkanes of at least 4 members (excludes halogenated alkanes) is 1. The van der Waals surface area contributed by atoms with Crippen molar-refractivity contribution in [3.05, 3.63) is 54.3 Å². The van der Waals surface area contributed by atoms with Gasteiger partial charge >= 0.3 is 0 Å². The molecule has 0 spiro atoms. The minimum Gasteiger partial charge on any atom is -0.326 e. The van der Waals surface area contributed by atoms with Crippen molar-refractivity contribution in [1.82, 2.24) is 9.03 Å². The Kier molecular flexibility index (Phi) is 8.22. The summed E-state index contributed by atoms with van der Waals surface area (Å²) in [4.78, 5) is 12.4. The topological polar surface area (TPSA) is 113 Å². The third kappa shape index (κ3) is 6.17. The van der Waals surface area contributed by atoms with Crippen molar-refractivity contribution in [3.63, 3.8) is 0 Å². The number of carbonyl (C=O) groups excluding carboxylic acids is 1. The van der Waals surface area contributed by atoms with Crippen molar-refractivity contribution in [3.8, 4) is 0 Å². The molecule has 11 heteroatoms. The minimum absolute atomic E-state index is 0.0576. The van der Waals surface area contributed by atoms with Crippen LogP contribution in [0.5, 0.6) is 0 Å². The molecule has 1 aliphatic heterocycles. The molecule has 8 nitrogen and oxygen atoms in total. The summed E-state index contributed by atoms with van der Waals surface area (Å²) in [6.07, 6.45) is 2.13. The average Bonchev–Trinajstić information content (AvgIpc) is 2.79. The molecule has 2 aromatic carbocycles. The Morgan fingerprint density at radius 3 is 2.42 bits per heavy atom. The maximum atomic E-state index is 14.0. The Hall–Kier alpha value is -2.34. The Morgan fingerprint density at radius 1 is 1.06 bits per heavy atom. The van der Waals surface area contributed by atoms with Crippen LogP contribution in [-0.4, -0.2) is 46.7 Å². The molecule has 2 aromatic rings. The first kappa shape index (κ1) is 25.3. The van der Waals surface area contributed by atoms with Gasteiger partial charge in [0, 0.05) is 31.2 Å². The molecule has 180 valence electrons. The lowest BCUT2D eigenvalue weighted by atomic mass is 9.97. The first-order chi connectivity index (χ1) is 15.6. The number of halogens is 1. The minimum atomic E-state index is -3.98. The summed E-state index contributed by atoms with van der Waals surface area (Å²) < 4.78 is 67.9. The van der Waals surface area contributed by atoms with Crippen LogP contribution in [0.15, 0.2) is 58.3 Å². The van der Waals surface area contributed by atoms with Crippen molar-refractivity contribution in [2.24, 2.45) is 5.92 Å². The predicted molar refractivity (Wildman–Crippen MR) is 123 cm³/mol. The molecule has 1 saturated heterocycles. The van der Waals surface area contributed by atoms with Gasteiger partial charge in [0.25, 0.3) is 0 Å². The lowest BCUT2D eigenvalue weighted by Gasteiger charge is -2.30. The van der Waals surface area contributed by atoms with Gasteiger partial charge in [-0.1, -0.05) is 31.5 Å². The Labute approximate surface area is 194 Å². The van der Waals surface area contributed by atoms with E-state index in [0.29, 0.717) is 12.2 Å². The fourth-order valence-electron chi connectivity index (χ4n) is 3.60. The maximum absolute atomic E-state index is 14.0. The third-order valence-electron chi connectivity index (χ3n) is 5.51. The van der Waals surface area contributed by atoms with Crippen LogP contribution in [0, 0.1) is 11.7 Å². The van der Waals surface area contributed by atoms with E-state index >= 15 is 0 Å². The molecular weight excluding hydrogens is 469 g/mol. The van der Waals surface area contributed by atoms with Crippen LogP contribution in [-0.2, 0) is 24.8 Å². The fourth-order valence-corrected chi connectivity index (χ4v) is 6.26. The van der Waals surface area contributed by atoms with Crippen molar-refractivity contribution in [2.75, 3.05) is 25.0 Å². The van der Waals surface area contributed by atoms with Crippen molar-refractivity contribution < 1.29 is 26.0 Å². The van der Waals surface area contributed by atoms with Crippen LogP contribution >= 0.6 is 0 Å². The molecular formula is C22H28FN3O5S2. The normalized spacial score (nSPS) is 15.9. The van der Waals surface area contributed by atoms with E-state index in [4.69, 9.17) is 0 Å². The van der Waals surface area contributed by atoms with Gasteiger partial charge in [-0.05, 0) is 49.6 Å². The number of rotatable bonds is 9. The van der Waals surface area contributed by atoms with E-state index in [-0.39, 0.29) is 41.6 Å². The third-order valence-corrected chi connectivity index (χ3v) is 8.90. The van der Waals surface area contributed by atoms with E-state index < -0.39 is 31.8 Å². The second kappa shape index (κ2) is 10.7. The van der Waals surface area contributed by atoms with Gasteiger partial charge in [-0.2, -0.15) is 4.31 Å². The molecule has 2 N–H and O–H groups in total. The van der Waals surface area contributed by atoms with E-state index in [0.717, 1.165) is 18.9 Å². The van der Waals surface area contributed by atoms with Crippen LogP contribution in [0.3, 0.4) is 0 Å². The predicted octanol–water partition coefficient (Wildman–Crippen LogP) is 2.94. The quantitative estimate of drug-likeness (QED) is 0.517. The highest BCUT2D eigenvalue weighted by Crippen LogP contribution is 2.26. The molecule has 1 amide bonds. The molecule has 0 unspecified atom stereocenters. The zero-order valence-corrected chi connectivity index (χ0v) is 20.0. The Balaban J connectivity index is 1.61. The number of amides is 1. The van der Waals surface area contributed by atoms with Crippen LogP contribution in [0.4, 0.5) is 10.1 Å². The van der Waals surface area contributed by atoms with Gasteiger partial charge < -0.3 is 5.32 Å². The van der Waals surface area contributed by atoms with E-state index in [1.54, 1.807) is 12.1 Å². The van der Waals surface area contributed by atoms with Gasteiger partial charge in [0.1, 0.15) is 10.7 Å². The molecule has 0 saturated carbocycles. The number of anilines is 1. The first-order valence-electron chi connectivity index (χ1n) is 10.8. The number of piperidine rings is 1. The van der Waals surface area contributed by atoms with E-state index in [2.05, 4.69) is 10.0 Å². The molecule has 3 rings (SSSR count). The zero-order valence-electron chi connectivity index (χ0n) is 18.3. The number of nitrogens with zero attached hydrogens (tertiary/aromatic N) is 1. The average molecular weight is 498 g/mol. The summed E-state index contributed by atoms with van der Waals surface area (Å²) in [7, 11) is -7.65. The highest BCUT2D eigenvalue weighted by atomic mass is 32.2. The molecule has 1 heterocycles. The highest BCUT2D eigenvalue weighted by Gasteiger charge is 2.33. The standard InChI is InChI=1S/C22H28FN3O5S2/c1-2-3-13-24-32(28,29)19-8-6-7-18(16-19)25-22(27)17-11-14-26(15-12-17)33(30,31)21-10-5-4-9-20(21)23/h4-10,16-17,24H,2-3,11-15H2,1H3,(H,25,27). The lowest BCUT2D eigenvalue weighted by molar-refractivity contribution is -0.120. The van der Waals surface area contributed by atoms with Crippen LogP contribution in [0.1, 0.15) is 32.6 Å².